The third-order valence-corrected chi connectivity index (χ3v) is 9.52. The molecule has 3 aromatic carbocycles. The van der Waals surface area contributed by atoms with Gasteiger partial charge in [0.05, 0.1) is 35.6 Å². The summed E-state index contributed by atoms with van der Waals surface area (Å²) < 4.78 is 10.5. The Balaban J connectivity index is 1.40. The minimum atomic E-state index is -0.931. The van der Waals surface area contributed by atoms with Crippen molar-refractivity contribution in [2.45, 2.75) is 60.5 Å². The molecule has 47 heavy (non-hydrogen) atoms. The first-order chi connectivity index (χ1) is 22.6. The number of carbonyl (C=O) groups is 1. The molecule has 0 saturated carbocycles. The molecule has 8 heteroatoms. The number of carboxylic acids is 1. The smallest absolute Gasteiger partial charge is 0.335 e. The van der Waals surface area contributed by atoms with E-state index >= 15 is 0 Å². The first-order valence-corrected chi connectivity index (χ1v) is 16.3. The first-order valence-electron chi connectivity index (χ1n) is 15.9. The molecule has 6 rings (SSSR count). The highest BCUT2D eigenvalue weighted by Gasteiger charge is 2.22. The number of carboxylic acid groups (broad SMARTS) is 1. The maximum absolute atomic E-state index is 11.8. The molecule has 0 radical (unpaired) electrons. The van der Waals surface area contributed by atoms with Gasteiger partial charge in [0.15, 0.2) is 0 Å². The van der Waals surface area contributed by atoms with Crippen molar-refractivity contribution in [2.24, 2.45) is 0 Å². The average Bonchev–Trinajstić information content (AvgIpc) is 3.48. The number of aromatic nitrogens is 4. The van der Waals surface area contributed by atoms with E-state index in [1.807, 2.05) is 67.2 Å². The van der Waals surface area contributed by atoms with Crippen molar-refractivity contribution in [1.82, 2.24) is 19.3 Å². The van der Waals surface area contributed by atoms with Crippen LogP contribution in [0.1, 0.15) is 61.8 Å². The zero-order chi connectivity index (χ0) is 33.2. The van der Waals surface area contributed by atoms with Gasteiger partial charge in [0.25, 0.3) is 0 Å². The van der Waals surface area contributed by atoms with Crippen molar-refractivity contribution in [3.63, 3.8) is 0 Å². The lowest BCUT2D eigenvalue weighted by atomic mass is 9.98. The molecule has 3 heterocycles. The monoisotopic (exact) mass is 646 g/mol. The number of aromatic carboxylic acids is 1. The summed E-state index contributed by atoms with van der Waals surface area (Å²) in [6.45, 7) is 12.0. The van der Waals surface area contributed by atoms with E-state index < -0.39 is 5.97 Å². The summed E-state index contributed by atoms with van der Waals surface area (Å²) in [5.41, 5.74) is 12.0. The minimum absolute atomic E-state index is 0.282. The largest absolute Gasteiger partial charge is 0.494 e. The van der Waals surface area contributed by atoms with Gasteiger partial charge < -0.3 is 14.4 Å². The van der Waals surface area contributed by atoms with Crippen molar-refractivity contribution in [1.29, 1.82) is 0 Å². The van der Waals surface area contributed by atoms with Crippen LogP contribution in [-0.4, -0.2) is 37.0 Å². The van der Waals surface area contributed by atoms with Crippen LogP contribution in [0.2, 0.25) is 5.02 Å². The normalized spacial score (nSPS) is 11.4. The fourth-order valence-electron chi connectivity index (χ4n) is 6.62. The zero-order valence-corrected chi connectivity index (χ0v) is 28.2. The zero-order valence-electron chi connectivity index (χ0n) is 27.5. The molecule has 0 bridgehead atoms. The van der Waals surface area contributed by atoms with E-state index in [0.29, 0.717) is 19.7 Å². The van der Waals surface area contributed by atoms with Crippen LogP contribution in [0.25, 0.3) is 22.0 Å². The van der Waals surface area contributed by atoms with E-state index in [9.17, 15) is 9.90 Å². The average molecular weight is 647 g/mol. The standard InChI is InChI=1S/C39H39ClN4O3/c1-24-19-32(20-25(2)37(24)40)47-18-10-16-33-27(4)43(22-29-11-8-12-30(21-29)39(45)46)38-34(33)14-9-15-35(38)36-26(3)42-44(28(36)5)23-31-13-6-7-17-41-31/h6-9,11-15,17,19-21H,10,16,18,22-23H2,1-5H3,(H,45,46). The maximum atomic E-state index is 11.8. The minimum Gasteiger partial charge on any atom is -0.494 e. The molecular weight excluding hydrogens is 608 g/mol. The molecule has 0 saturated heterocycles. The fraction of sp³-hybridized carbons (Fsp3) is 0.256. The van der Waals surface area contributed by atoms with Crippen LogP contribution >= 0.6 is 11.6 Å². The van der Waals surface area contributed by atoms with Gasteiger partial charge in [-0.2, -0.15) is 5.10 Å². The SMILES string of the molecule is Cc1cc(OCCCc2c(C)n(Cc3cccc(C(=O)O)c3)c3c(-c4c(C)nn(Cc5ccccn5)c4C)cccc23)cc(C)c1Cl. The van der Waals surface area contributed by atoms with E-state index in [2.05, 4.69) is 48.5 Å². The Morgan fingerprint density at radius 3 is 2.38 bits per heavy atom. The van der Waals surface area contributed by atoms with Gasteiger partial charge in [-0.15, -0.1) is 0 Å². The van der Waals surface area contributed by atoms with Gasteiger partial charge in [-0.25, -0.2) is 4.79 Å². The van der Waals surface area contributed by atoms with Crippen LogP contribution < -0.4 is 4.74 Å². The lowest BCUT2D eigenvalue weighted by molar-refractivity contribution is 0.0696. The van der Waals surface area contributed by atoms with Gasteiger partial charge in [0, 0.05) is 45.7 Å². The van der Waals surface area contributed by atoms with Gasteiger partial charge >= 0.3 is 5.97 Å². The summed E-state index contributed by atoms with van der Waals surface area (Å²) in [5, 5.41) is 16.6. The van der Waals surface area contributed by atoms with Gasteiger partial charge in [0.2, 0.25) is 0 Å². The molecule has 0 spiro atoms. The van der Waals surface area contributed by atoms with Gasteiger partial charge in [0.1, 0.15) is 5.75 Å². The van der Waals surface area contributed by atoms with Crippen molar-refractivity contribution in [3.05, 3.63) is 135 Å². The summed E-state index contributed by atoms with van der Waals surface area (Å²) in [7, 11) is 0. The molecule has 0 atom stereocenters. The first kappa shape index (κ1) is 32.1. The third-order valence-electron chi connectivity index (χ3n) is 8.93. The quantitative estimate of drug-likeness (QED) is 0.142. The Morgan fingerprint density at radius 1 is 0.894 bits per heavy atom. The summed E-state index contributed by atoms with van der Waals surface area (Å²) in [5.74, 6) is -0.0993. The van der Waals surface area contributed by atoms with Crippen LogP contribution in [0.4, 0.5) is 0 Å². The molecule has 0 aliphatic rings. The number of hydrogen-bond acceptors (Lipinski definition) is 4. The predicted octanol–water partition coefficient (Wildman–Crippen LogP) is 8.90. The summed E-state index contributed by atoms with van der Waals surface area (Å²) in [4.78, 5) is 16.3. The highest BCUT2D eigenvalue weighted by atomic mass is 35.5. The van der Waals surface area contributed by atoms with Crippen molar-refractivity contribution in [2.75, 3.05) is 6.61 Å². The number of rotatable bonds is 11. The Bertz CT molecular complexity index is 2070. The number of halogens is 1. The Morgan fingerprint density at radius 2 is 1.66 bits per heavy atom. The summed E-state index contributed by atoms with van der Waals surface area (Å²) in [6.07, 6.45) is 3.47. The Labute approximate surface area is 280 Å². The van der Waals surface area contributed by atoms with E-state index in [0.717, 1.165) is 79.7 Å². The molecule has 1 N–H and O–H groups in total. The lowest BCUT2D eigenvalue weighted by Gasteiger charge is -2.13. The number of aryl methyl sites for hydroxylation is 4. The van der Waals surface area contributed by atoms with E-state index in [-0.39, 0.29) is 5.56 Å². The van der Waals surface area contributed by atoms with Crippen molar-refractivity contribution >= 4 is 28.5 Å². The van der Waals surface area contributed by atoms with Crippen LogP contribution in [0.3, 0.4) is 0 Å². The van der Waals surface area contributed by atoms with Gasteiger partial charge in [-0.1, -0.05) is 48.0 Å². The topological polar surface area (TPSA) is 82.2 Å². The van der Waals surface area contributed by atoms with E-state index in [1.165, 1.54) is 10.9 Å². The lowest BCUT2D eigenvalue weighted by Crippen LogP contribution is -2.06. The second kappa shape index (κ2) is 13.5. The Hall–Kier alpha value is -4.88. The molecule has 3 aromatic heterocycles. The highest BCUT2D eigenvalue weighted by molar-refractivity contribution is 6.32. The van der Waals surface area contributed by atoms with Crippen molar-refractivity contribution < 1.29 is 14.6 Å². The molecule has 7 nitrogen and oxygen atoms in total. The van der Waals surface area contributed by atoms with E-state index in [4.69, 9.17) is 21.4 Å². The number of hydrogen-bond donors (Lipinski definition) is 1. The predicted molar refractivity (Wildman–Crippen MR) is 188 cm³/mol. The molecule has 6 aromatic rings. The molecule has 0 fully saturated rings. The fourth-order valence-corrected chi connectivity index (χ4v) is 6.73. The van der Waals surface area contributed by atoms with Crippen molar-refractivity contribution in [3.8, 4) is 16.9 Å². The summed E-state index contributed by atoms with van der Waals surface area (Å²) >= 11 is 6.37. The molecule has 0 aliphatic carbocycles. The van der Waals surface area contributed by atoms with Crippen LogP contribution in [0, 0.1) is 34.6 Å². The highest BCUT2D eigenvalue weighted by Crippen LogP contribution is 2.38. The summed E-state index contributed by atoms with van der Waals surface area (Å²) in [6, 6.07) is 23.6. The van der Waals surface area contributed by atoms with E-state index in [1.54, 1.807) is 12.1 Å². The Kier molecular flexibility index (Phi) is 9.19. The van der Waals surface area contributed by atoms with Crippen LogP contribution in [0.15, 0.2) is 79.0 Å². The number of nitrogens with zero attached hydrogens (tertiary/aromatic N) is 4. The molecule has 0 unspecified atom stereocenters. The van der Waals surface area contributed by atoms with Crippen LogP contribution in [-0.2, 0) is 19.5 Å². The number of ether oxygens (including phenoxy) is 1. The van der Waals surface area contributed by atoms with Gasteiger partial charge in [-0.3, -0.25) is 9.67 Å². The second-order valence-electron chi connectivity index (χ2n) is 12.2. The number of para-hydroxylation sites is 1. The second-order valence-corrected chi connectivity index (χ2v) is 12.6. The maximum Gasteiger partial charge on any atom is 0.335 e. The number of pyridine rings is 1. The van der Waals surface area contributed by atoms with Crippen LogP contribution in [0.5, 0.6) is 5.75 Å². The number of fused-ring (bicyclic) bond motifs is 1. The molecule has 240 valence electrons. The third kappa shape index (κ3) is 6.54. The molecular formula is C39H39ClN4O3. The molecule has 0 aliphatic heterocycles. The number of benzene rings is 3. The molecule has 0 amide bonds. The van der Waals surface area contributed by atoms with Gasteiger partial charge in [-0.05, 0) is 106 Å².